The summed E-state index contributed by atoms with van der Waals surface area (Å²) in [6, 6.07) is 5.97. The van der Waals surface area contributed by atoms with Crippen LogP contribution in [0.15, 0.2) is 22.8 Å². The summed E-state index contributed by atoms with van der Waals surface area (Å²) < 4.78 is 0.897. The van der Waals surface area contributed by atoms with Gasteiger partial charge in [0.2, 0.25) is 0 Å². The first kappa shape index (κ1) is 11.9. The van der Waals surface area contributed by atoms with Crippen LogP contribution in [0.4, 0.5) is 5.82 Å². The number of aromatic nitrogens is 1. The maximum absolute atomic E-state index is 4.35. The van der Waals surface area contributed by atoms with E-state index in [0.29, 0.717) is 0 Å². The third-order valence-electron chi connectivity index (χ3n) is 3.29. The summed E-state index contributed by atoms with van der Waals surface area (Å²) in [5, 5.41) is 3.37. The number of pyridine rings is 1. The van der Waals surface area contributed by atoms with E-state index >= 15 is 0 Å². The zero-order valence-electron chi connectivity index (χ0n) is 9.58. The quantitative estimate of drug-likeness (QED) is 0.646. The molecule has 0 saturated heterocycles. The van der Waals surface area contributed by atoms with Crippen molar-refractivity contribution < 1.29 is 0 Å². The van der Waals surface area contributed by atoms with E-state index in [1.54, 1.807) is 0 Å². The number of nitrogens with zero attached hydrogens (tertiary/aromatic N) is 1. The minimum atomic E-state index is 0.897. The fourth-order valence-corrected chi connectivity index (χ4v) is 2.76. The van der Waals surface area contributed by atoms with Crippen molar-refractivity contribution in [3.05, 3.63) is 22.8 Å². The SMILES string of the molecule is Brc1cccc(NCCCC2CCCC2)n1. The van der Waals surface area contributed by atoms with E-state index in [4.69, 9.17) is 0 Å². The Hall–Kier alpha value is -0.570. The summed E-state index contributed by atoms with van der Waals surface area (Å²) in [5.74, 6) is 1.97. The molecule has 0 atom stereocenters. The molecule has 2 nitrogen and oxygen atoms in total. The molecule has 1 heterocycles. The molecular formula is C13H19BrN2. The minimum absolute atomic E-state index is 0.897. The molecule has 3 heteroatoms. The van der Waals surface area contributed by atoms with Crippen molar-refractivity contribution >= 4 is 21.7 Å². The molecule has 1 N–H and O–H groups in total. The van der Waals surface area contributed by atoms with Gasteiger partial charge in [-0.25, -0.2) is 4.98 Å². The summed E-state index contributed by atoms with van der Waals surface area (Å²) in [6.45, 7) is 1.04. The average molecular weight is 283 g/mol. The largest absolute Gasteiger partial charge is 0.370 e. The highest BCUT2D eigenvalue weighted by Crippen LogP contribution is 2.28. The summed E-state index contributed by atoms with van der Waals surface area (Å²) in [6.07, 6.45) is 8.45. The van der Waals surface area contributed by atoms with Crippen LogP contribution in [0, 0.1) is 5.92 Å². The van der Waals surface area contributed by atoms with E-state index in [-0.39, 0.29) is 0 Å². The first-order valence-corrected chi connectivity index (χ1v) is 7.00. The van der Waals surface area contributed by atoms with Crippen molar-refractivity contribution in [2.24, 2.45) is 5.92 Å². The molecule has 1 saturated carbocycles. The van der Waals surface area contributed by atoms with Gasteiger partial charge < -0.3 is 5.32 Å². The predicted octanol–water partition coefficient (Wildman–Crippen LogP) is 4.23. The second-order valence-corrected chi connectivity index (χ2v) is 5.38. The van der Waals surface area contributed by atoms with Gasteiger partial charge in [0.05, 0.1) is 0 Å². The van der Waals surface area contributed by atoms with Crippen molar-refractivity contribution in [1.29, 1.82) is 0 Å². The molecule has 1 aromatic heterocycles. The Labute approximate surface area is 106 Å². The molecule has 88 valence electrons. The molecule has 0 aliphatic heterocycles. The highest BCUT2D eigenvalue weighted by Gasteiger charge is 2.13. The maximum Gasteiger partial charge on any atom is 0.127 e. The van der Waals surface area contributed by atoms with Crippen LogP contribution in [0.25, 0.3) is 0 Å². The highest BCUT2D eigenvalue weighted by atomic mass is 79.9. The number of rotatable bonds is 5. The van der Waals surface area contributed by atoms with Crippen molar-refractivity contribution in [1.82, 2.24) is 4.98 Å². The van der Waals surface area contributed by atoms with Gasteiger partial charge in [-0.3, -0.25) is 0 Å². The zero-order valence-corrected chi connectivity index (χ0v) is 11.2. The Morgan fingerprint density at radius 1 is 1.31 bits per heavy atom. The molecule has 16 heavy (non-hydrogen) atoms. The lowest BCUT2D eigenvalue weighted by molar-refractivity contribution is 0.491. The summed E-state index contributed by atoms with van der Waals surface area (Å²) in [4.78, 5) is 4.35. The van der Waals surface area contributed by atoms with E-state index < -0.39 is 0 Å². The molecule has 0 spiro atoms. The number of hydrogen-bond acceptors (Lipinski definition) is 2. The number of hydrogen-bond donors (Lipinski definition) is 1. The molecule has 1 fully saturated rings. The molecule has 0 radical (unpaired) electrons. The van der Waals surface area contributed by atoms with Crippen LogP contribution in [0.5, 0.6) is 0 Å². The fraction of sp³-hybridized carbons (Fsp3) is 0.615. The molecule has 0 bridgehead atoms. The Morgan fingerprint density at radius 3 is 2.88 bits per heavy atom. The van der Waals surface area contributed by atoms with Gasteiger partial charge in [-0.05, 0) is 46.8 Å². The smallest absolute Gasteiger partial charge is 0.127 e. The van der Waals surface area contributed by atoms with Gasteiger partial charge in [0, 0.05) is 6.54 Å². The maximum atomic E-state index is 4.35. The summed E-state index contributed by atoms with van der Waals surface area (Å²) >= 11 is 3.37. The van der Waals surface area contributed by atoms with E-state index in [2.05, 4.69) is 26.2 Å². The van der Waals surface area contributed by atoms with Gasteiger partial charge in [-0.1, -0.05) is 31.7 Å². The van der Waals surface area contributed by atoms with Crippen LogP contribution >= 0.6 is 15.9 Å². The molecule has 1 aliphatic rings. The predicted molar refractivity (Wildman–Crippen MR) is 71.6 cm³/mol. The number of halogens is 1. The lowest BCUT2D eigenvalue weighted by Crippen LogP contribution is -2.05. The van der Waals surface area contributed by atoms with Gasteiger partial charge >= 0.3 is 0 Å². The summed E-state index contributed by atoms with van der Waals surface area (Å²) in [7, 11) is 0. The van der Waals surface area contributed by atoms with Gasteiger partial charge in [0.25, 0.3) is 0 Å². The highest BCUT2D eigenvalue weighted by molar-refractivity contribution is 9.10. The van der Waals surface area contributed by atoms with Crippen LogP contribution in [0.3, 0.4) is 0 Å². The van der Waals surface area contributed by atoms with Crippen molar-refractivity contribution in [3.63, 3.8) is 0 Å². The standard InChI is InChI=1S/C13H19BrN2/c14-12-8-3-9-13(16-12)15-10-4-7-11-5-1-2-6-11/h3,8-9,11H,1-2,4-7,10H2,(H,15,16). The molecule has 1 aliphatic carbocycles. The Balaban J connectivity index is 1.64. The Bertz CT molecular complexity index is 321. The van der Waals surface area contributed by atoms with Gasteiger partial charge in [0.15, 0.2) is 0 Å². The first-order chi connectivity index (χ1) is 7.84. The van der Waals surface area contributed by atoms with Crippen LogP contribution in [0.2, 0.25) is 0 Å². The molecular weight excluding hydrogens is 264 g/mol. The third-order valence-corrected chi connectivity index (χ3v) is 3.73. The monoisotopic (exact) mass is 282 g/mol. The van der Waals surface area contributed by atoms with Crippen LogP contribution in [0.1, 0.15) is 38.5 Å². The van der Waals surface area contributed by atoms with E-state index in [1.165, 1.54) is 38.5 Å². The van der Waals surface area contributed by atoms with Gasteiger partial charge in [-0.15, -0.1) is 0 Å². The third kappa shape index (κ3) is 3.78. The van der Waals surface area contributed by atoms with Gasteiger partial charge in [-0.2, -0.15) is 0 Å². The second-order valence-electron chi connectivity index (χ2n) is 4.57. The van der Waals surface area contributed by atoms with Crippen LogP contribution in [-0.4, -0.2) is 11.5 Å². The molecule has 0 aromatic carbocycles. The van der Waals surface area contributed by atoms with E-state index in [0.717, 1.165) is 22.9 Å². The molecule has 0 amide bonds. The van der Waals surface area contributed by atoms with E-state index in [1.807, 2.05) is 18.2 Å². The average Bonchev–Trinajstić information content (AvgIpc) is 2.77. The lowest BCUT2D eigenvalue weighted by atomic mass is 10.0. The topological polar surface area (TPSA) is 24.9 Å². The van der Waals surface area contributed by atoms with Crippen LogP contribution < -0.4 is 5.32 Å². The first-order valence-electron chi connectivity index (χ1n) is 6.21. The normalized spacial score (nSPS) is 16.6. The lowest BCUT2D eigenvalue weighted by Gasteiger charge is -2.09. The molecule has 2 rings (SSSR count). The van der Waals surface area contributed by atoms with Crippen molar-refractivity contribution in [2.75, 3.05) is 11.9 Å². The van der Waals surface area contributed by atoms with E-state index in [9.17, 15) is 0 Å². The zero-order chi connectivity index (χ0) is 11.2. The van der Waals surface area contributed by atoms with Crippen LogP contribution in [-0.2, 0) is 0 Å². The minimum Gasteiger partial charge on any atom is -0.370 e. The fourth-order valence-electron chi connectivity index (χ4n) is 2.41. The van der Waals surface area contributed by atoms with Crippen molar-refractivity contribution in [3.8, 4) is 0 Å². The Morgan fingerprint density at radius 2 is 2.12 bits per heavy atom. The number of anilines is 1. The molecule has 1 aromatic rings. The Kier molecular flexibility index (Phi) is 4.64. The number of nitrogens with one attached hydrogen (secondary N) is 1. The second kappa shape index (κ2) is 6.24. The van der Waals surface area contributed by atoms with Crippen molar-refractivity contribution in [2.45, 2.75) is 38.5 Å². The van der Waals surface area contributed by atoms with Gasteiger partial charge in [0.1, 0.15) is 10.4 Å². The molecule has 0 unspecified atom stereocenters. The summed E-state index contributed by atoms with van der Waals surface area (Å²) in [5.41, 5.74) is 0.